The second kappa shape index (κ2) is 7.74. The van der Waals surface area contributed by atoms with Crippen LogP contribution in [-0.2, 0) is 4.79 Å². The zero-order valence-corrected chi connectivity index (χ0v) is 15.3. The van der Waals surface area contributed by atoms with E-state index in [1.165, 1.54) is 12.1 Å². The van der Waals surface area contributed by atoms with Crippen molar-refractivity contribution in [2.45, 2.75) is 46.7 Å². The molecule has 25 heavy (non-hydrogen) atoms. The van der Waals surface area contributed by atoms with Crippen LogP contribution in [0, 0.1) is 32.4 Å². The topological polar surface area (TPSA) is 45.7 Å². The Balaban J connectivity index is 2.08. The number of anilines is 1. The van der Waals surface area contributed by atoms with E-state index in [1.807, 2.05) is 32.9 Å². The zero-order chi connectivity index (χ0) is 18.7. The molecule has 0 saturated heterocycles. The second-order valence-corrected chi connectivity index (χ2v) is 6.70. The van der Waals surface area contributed by atoms with Crippen LogP contribution >= 0.6 is 0 Å². The molecule has 2 rings (SSSR count). The van der Waals surface area contributed by atoms with Crippen molar-refractivity contribution in [2.24, 2.45) is 0 Å². The third-order valence-electron chi connectivity index (χ3n) is 4.37. The maximum Gasteiger partial charge on any atom is 0.282 e. The summed E-state index contributed by atoms with van der Waals surface area (Å²) in [5.41, 5.74) is 4.36. The minimum absolute atomic E-state index is 0.149. The molecule has 0 aromatic heterocycles. The molecule has 3 nitrogen and oxygen atoms in total. The lowest BCUT2D eigenvalue weighted by Gasteiger charge is -2.19. The summed E-state index contributed by atoms with van der Waals surface area (Å²) < 4.78 is 26.9. The van der Waals surface area contributed by atoms with Gasteiger partial charge in [0.2, 0.25) is 0 Å². The van der Waals surface area contributed by atoms with Crippen molar-refractivity contribution in [3.8, 4) is 0 Å². The van der Waals surface area contributed by atoms with Crippen LogP contribution in [0.5, 0.6) is 0 Å². The summed E-state index contributed by atoms with van der Waals surface area (Å²) >= 11 is 0. The maximum atomic E-state index is 13.9. The van der Waals surface area contributed by atoms with Crippen LogP contribution in [0.1, 0.15) is 42.1 Å². The maximum absolute atomic E-state index is 13.9. The van der Waals surface area contributed by atoms with E-state index in [4.69, 9.17) is 0 Å². The smallest absolute Gasteiger partial charge is 0.282 e. The highest BCUT2D eigenvalue weighted by atomic mass is 19.1. The zero-order valence-electron chi connectivity index (χ0n) is 15.3. The van der Waals surface area contributed by atoms with Crippen molar-refractivity contribution in [2.75, 3.05) is 5.32 Å². The third-order valence-corrected chi connectivity index (χ3v) is 4.37. The SMILES string of the molecule is Cc1cc(C)c(NC(=O)[C@H](C)[NH2+][C@@H](C)c2ccc(F)cc2F)c(C)c1. The molecule has 0 unspecified atom stereocenters. The van der Waals surface area contributed by atoms with Gasteiger partial charge in [0, 0.05) is 17.3 Å². The second-order valence-electron chi connectivity index (χ2n) is 6.70. The Bertz CT molecular complexity index is 766. The first-order chi connectivity index (χ1) is 11.7. The van der Waals surface area contributed by atoms with Crippen LogP contribution in [0.2, 0.25) is 0 Å². The first-order valence-electron chi connectivity index (χ1n) is 8.37. The minimum Gasteiger partial charge on any atom is -0.330 e. The lowest BCUT2D eigenvalue weighted by molar-refractivity contribution is -0.710. The van der Waals surface area contributed by atoms with Crippen molar-refractivity contribution in [1.82, 2.24) is 0 Å². The monoisotopic (exact) mass is 347 g/mol. The number of quaternary nitrogens is 1. The summed E-state index contributed by atoms with van der Waals surface area (Å²) in [5, 5.41) is 4.73. The number of hydrogen-bond acceptors (Lipinski definition) is 1. The molecule has 5 heteroatoms. The van der Waals surface area contributed by atoms with Crippen molar-refractivity contribution < 1.29 is 18.9 Å². The van der Waals surface area contributed by atoms with Gasteiger partial charge in [0.1, 0.15) is 17.7 Å². The van der Waals surface area contributed by atoms with E-state index in [0.29, 0.717) is 5.56 Å². The number of carbonyl (C=O) groups is 1. The summed E-state index contributed by atoms with van der Waals surface area (Å²) in [7, 11) is 0. The number of nitrogens with two attached hydrogens (primary N) is 1. The Labute approximate surface area is 147 Å². The average molecular weight is 347 g/mol. The molecule has 2 atom stereocenters. The summed E-state index contributed by atoms with van der Waals surface area (Å²) in [4.78, 5) is 12.5. The van der Waals surface area contributed by atoms with Gasteiger partial charge in [-0.25, -0.2) is 8.78 Å². The largest absolute Gasteiger partial charge is 0.330 e. The van der Waals surface area contributed by atoms with Crippen molar-refractivity contribution in [3.63, 3.8) is 0 Å². The van der Waals surface area contributed by atoms with Gasteiger partial charge in [-0.1, -0.05) is 17.7 Å². The first kappa shape index (κ1) is 19.1. The van der Waals surface area contributed by atoms with E-state index in [9.17, 15) is 13.6 Å². The number of benzene rings is 2. The van der Waals surface area contributed by atoms with Crippen molar-refractivity contribution in [1.29, 1.82) is 0 Å². The van der Waals surface area contributed by atoms with Gasteiger partial charge in [-0.3, -0.25) is 4.79 Å². The van der Waals surface area contributed by atoms with Crippen LogP contribution in [-0.4, -0.2) is 11.9 Å². The van der Waals surface area contributed by atoms with E-state index in [2.05, 4.69) is 5.32 Å². The Hall–Kier alpha value is -2.27. The van der Waals surface area contributed by atoms with Crippen LogP contribution < -0.4 is 10.6 Å². The third kappa shape index (κ3) is 4.63. The lowest BCUT2D eigenvalue weighted by Crippen LogP contribution is -2.91. The normalized spacial score (nSPS) is 13.4. The Morgan fingerprint density at radius 2 is 1.64 bits per heavy atom. The number of carbonyl (C=O) groups excluding carboxylic acids is 1. The van der Waals surface area contributed by atoms with Crippen LogP contribution in [0.4, 0.5) is 14.5 Å². The van der Waals surface area contributed by atoms with Gasteiger partial charge in [-0.2, -0.15) is 0 Å². The van der Waals surface area contributed by atoms with Gasteiger partial charge in [0.25, 0.3) is 5.91 Å². The molecular formula is C20H25F2N2O+. The molecule has 0 fully saturated rings. The summed E-state index contributed by atoms with van der Waals surface area (Å²) in [6, 6.07) is 6.84. The molecule has 2 aromatic rings. The Kier molecular flexibility index (Phi) is 5.90. The molecule has 0 spiro atoms. The summed E-state index contributed by atoms with van der Waals surface area (Å²) in [6.45, 7) is 9.50. The number of rotatable bonds is 5. The molecule has 2 aromatic carbocycles. The number of halogens is 2. The van der Waals surface area contributed by atoms with E-state index >= 15 is 0 Å². The molecule has 0 heterocycles. The van der Waals surface area contributed by atoms with Crippen molar-refractivity contribution in [3.05, 3.63) is 64.2 Å². The van der Waals surface area contributed by atoms with E-state index in [-0.39, 0.29) is 11.9 Å². The number of nitrogens with one attached hydrogen (secondary N) is 1. The number of aryl methyl sites for hydroxylation is 3. The van der Waals surface area contributed by atoms with Gasteiger partial charge in [-0.15, -0.1) is 0 Å². The highest BCUT2D eigenvalue weighted by Gasteiger charge is 2.23. The van der Waals surface area contributed by atoms with Gasteiger partial charge in [0.15, 0.2) is 6.04 Å². The molecule has 0 aliphatic carbocycles. The Morgan fingerprint density at radius 1 is 1.04 bits per heavy atom. The molecular weight excluding hydrogens is 322 g/mol. The fraction of sp³-hybridized carbons (Fsp3) is 0.350. The van der Waals surface area contributed by atoms with Gasteiger partial charge < -0.3 is 10.6 Å². The average Bonchev–Trinajstić information content (AvgIpc) is 2.50. The predicted molar refractivity (Wildman–Crippen MR) is 95.4 cm³/mol. The van der Waals surface area contributed by atoms with Crippen LogP contribution in [0.3, 0.4) is 0 Å². The van der Waals surface area contributed by atoms with Crippen LogP contribution in [0.25, 0.3) is 0 Å². The molecule has 0 aliphatic rings. The van der Waals surface area contributed by atoms with E-state index in [1.54, 1.807) is 19.2 Å². The highest BCUT2D eigenvalue weighted by Crippen LogP contribution is 2.22. The van der Waals surface area contributed by atoms with Crippen LogP contribution in [0.15, 0.2) is 30.3 Å². The molecule has 1 amide bonds. The molecule has 3 N–H and O–H groups in total. The molecule has 0 aliphatic heterocycles. The molecule has 0 saturated carbocycles. The van der Waals surface area contributed by atoms with E-state index in [0.717, 1.165) is 28.4 Å². The van der Waals surface area contributed by atoms with E-state index < -0.39 is 17.7 Å². The fourth-order valence-electron chi connectivity index (χ4n) is 3.11. The van der Waals surface area contributed by atoms with Gasteiger partial charge in [0.05, 0.1) is 0 Å². The van der Waals surface area contributed by atoms with Gasteiger partial charge in [-0.05, 0) is 57.9 Å². The molecule has 0 bridgehead atoms. The quantitative estimate of drug-likeness (QED) is 0.854. The van der Waals surface area contributed by atoms with Gasteiger partial charge >= 0.3 is 0 Å². The molecule has 134 valence electrons. The predicted octanol–water partition coefficient (Wildman–Crippen LogP) is 3.54. The first-order valence-corrected chi connectivity index (χ1v) is 8.37. The Morgan fingerprint density at radius 3 is 2.20 bits per heavy atom. The molecule has 0 radical (unpaired) electrons. The highest BCUT2D eigenvalue weighted by molar-refractivity contribution is 5.95. The van der Waals surface area contributed by atoms with Crippen molar-refractivity contribution >= 4 is 11.6 Å². The summed E-state index contributed by atoms with van der Waals surface area (Å²) in [6.07, 6.45) is 0. The standard InChI is InChI=1S/C20H24F2N2O/c1-11-8-12(2)19(13(3)9-11)24-20(25)15(5)23-14(4)17-7-6-16(21)10-18(17)22/h6-10,14-15,23H,1-5H3,(H,24,25)/p+1/t14-,15-/m0/s1. The fourth-order valence-corrected chi connectivity index (χ4v) is 3.11. The lowest BCUT2D eigenvalue weighted by atomic mass is 10.0. The number of amides is 1. The number of hydrogen-bond donors (Lipinski definition) is 2. The summed E-state index contributed by atoms with van der Waals surface area (Å²) in [5.74, 6) is -1.35. The minimum atomic E-state index is -0.607.